The van der Waals surface area contributed by atoms with Gasteiger partial charge in [-0.05, 0) is 25.7 Å². The van der Waals surface area contributed by atoms with Crippen LogP contribution in [0.25, 0.3) is 0 Å². The highest BCUT2D eigenvalue weighted by atomic mass is 16.5. The smallest absolute Gasteiger partial charge is 0.134 e. The first kappa shape index (κ1) is 18.8. The molecule has 1 saturated carbocycles. The van der Waals surface area contributed by atoms with Gasteiger partial charge in [-0.2, -0.15) is 5.10 Å². The summed E-state index contributed by atoms with van der Waals surface area (Å²) in [6, 6.07) is 3.36. The van der Waals surface area contributed by atoms with Crippen molar-refractivity contribution >= 4 is 11.6 Å². The molecule has 1 aliphatic carbocycles. The molecule has 8 heteroatoms. The van der Waals surface area contributed by atoms with Gasteiger partial charge in [0.1, 0.15) is 18.0 Å². The van der Waals surface area contributed by atoms with Crippen molar-refractivity contribution in [2.45, 2.75) is 57.5 Å². The Balaban J connectivity index is 1.24. The molecule has 29 heavy (non-hydrogen) atoms. The Morgan fingerprint density at radius 3 is 2.55 bits per heavy atom. The first-order chi connectivity index (χ1) is 14.2. The summed E-state index contributed by atoms with van der Waals surface area (Å²) in [5.41, 5.74) is 2.59. The Kier molecular flexibility index (Phi) is 5.13. The van der Waals surface area contributed by atoms with E-state index < -0.39 is 0 Å². The third-order valence-electron chi connectivity index (χ3n) is 6.37. The van der Waals surface area contributed by atoms with Gasteiger partial charge in [0.05, 0.1) is 31.6 Å². The first-order valence-corrected chi connectivity index (χ1v) is 10.8. The summed E-state index contributed by atoms with van der Waals surface area (Å²) in [5.74, 6) is 2.07. The van der Waals surface area contributed by atoms with E-state index in [-0.39, 0.29) is 0 Å². The molecule has 1 saturated heterocycles. The number of ether oxygens (including phenoxy) is 1. The minimum Gasteiger partial charge on any atom is -0.373 e. The number of likely N-dealkylation sites (tertiary alicyclic amines) is 1. The summed E-state index contributed by atoms with van der Waals surface area (Å²) in [6.07, 6.45) is 8.67. The number of hydrogen-bond donors (Lipinski definition) is 0. The van der Waals surface area contributed by atoms with Gasteiger partial charge in [-0.15, -0.1) is 0 Å². The molecule has 156 valence electrons. The highest BCUT2D eigenvalue weighted by Gasteiger charge is 2.36. The summed E-state index contributed by atoms with van der Waals surface area (Å²) in [7, 11) is 4.07. The van der Waals surface area contributed by atoms with Crippen LogP contribution in [0.2, 0.25) is 0 Å². The van der Waals surface area contributed by atoms with E-state index in [9.17, 15) is 0 Å². The second-order valence-corrected chi connectivity index (χ2v) is 8.67. The Hall–Kier alpha value is -2.19. The molecule has 0 bridgehead atoms. The van der Waals surface area contributed by atoms with E-state index in [0.29, 0.717) is 18.7 Å². The third-order valence-corrected chi connectivity index (χ3v) is 6.37. The summed E-state index contributed by atoms with van der Waals surface area (Å²) >= 11 is 0. The number of aromatic nitrogens is 4. The zero-order chi connectivity index (χ0) is 19.8. The molecule has 2 aromatic heterocycles. The van der Waals surface area contributed by atoms with Gasteiger partial charge >= 0.3 is 0 Å². The molecule has 0 radical (unpaired) electrons. The van der Waals surface area contributed by atoms with Gasteiger partial charge in [0.25, 0.3) is 0 Å². The lowest BCUT2D eigenvalue weighted by Crippen LogP contribution is -2.46. The fourth-order valence-corrected chi connectivity index (χ4v) is 4.61. The lowest BCUT2D eigenvalue weighted by atomic mass is 10.0. The van der Waals surface area contributed by atoms with Gasteiger partial charge in [0.15, 0.2) is 0 Å². The molecule has 3 aliphatic rings. The highest BCUT2D eigenvalue weighted by Crippen LogP contribution is 2.36. The SMILES string of the molecule is CN(C)c1cc(N(C2CC2)C2CCN(Cc3cnn4c3COCC4)CC2)ncn1. The summed E-state index contributed by atoms with van der Waals surface area (Å²) in [5, 5.41) is 4.54. The quantitative estimate of drug-likeness (QED) is 0.738. The Labute approximate surface area is 172 Å². The van der Waals surface area contributed by atoms with E-state index in [1.165, 1.54) is 36.9 Å². The largest absolute Gasteiger partial charge is 0.373 e. The van der Waals surface area contributed by atoms with E-state index in [2.05, 4.69) is 40.5 Å². The molecule has 0 N–H and O–H groups in total. The van der Waals surface area contributed by atoms with Crippen LogP contribution in [0.4, 0.5) is 11.6 Å². The lowest BCUT2D eigenvalue weighted by molar-refractivity contribution is 0.0784. The Bertz CT molecular complexity index is 839. The highest BCUT2D eigenvalue weighted by molar-refractivity contribution is 5.51. The number of piperidine rings is 1. The number of anilines is 2. The van der Waals surface area contributed by atoms with Gasteiger partial charge in [-0.1, -0.05) is 0 Å². The molecule has 0 aromatic carbocycles. The van der Waals surface area contributed by atoms with Crippen molar-refractivity contribution < 1.29 is 4.74 Å². The second-order valence-electron chi connectivity index (χ2n) is 8.67. The lowest BCUT2D eigenvalue weighted by Gasteiger charge is -2.39. The van der Waals surface area contributed by atoms with Crippen LogP contribution in [-0.4, -0.2) is 70.5 Å². The topological polar surface area (TPSA) is 62.5 Å². The fraction of sp³-hybridized carbons (Fsp3) is 0.667. The minimum absolute atomic E-state index is 0.563. The predicted octanol–water partition coefficient (Wildman–Crippen LogP) is 1.90. The maximum Gasteiger partial charge on any atom is 0.134 e. The van der Waals surface area contributed by atoms with Crippen LogP contribution in [0.5, 0.6) is 0 Å². The second kappa shape index (κ2) is 7.91. The molecule has 2 aromatic rings. The van der Waals surface area contributed by atoms with E-state index in [1.54, 1.807) is 6.33 Å². The number of fused-ring (bicyclic) bond motifs is 1. The molecule has 5 rings (SSSR count). The molecule has 0 spiro atoms. The molecule has 0 amide bonds. The Morgan fingerprint density at radius 1 is 1.03 bits per heavy atom. The zero-order valence-electron chi connectivity index (χ0n) is 17.5. The zero-order valence-corrected chi connectivity index (χ0v) is 17.5. The Morgan fingerprint density at radius 2 is 1.79 bits per heavy atom. The maximum atomic E-state index is 5.64. The fourth-order valence-electron chi connectivity index (χ4n) is 4.61. The van der Waals surface area contributed by atoms with Gasteiger partial charge in [-0.25, -0.2) is 9.97 Å². The van der Waals surface area contributed by atoms with E-state index in [4.69, 9.17) is 4.74 Å². The van der Waals surface area contributed by atoms with Gasteiger partial charge in [0.2, 0.25) is 0 Å². The van der Waals surface area contributed by atoms with Crippen LogP contribution >= 0.6 is 0 Å². The van der Waals surface area contributed by atoms with Gasteiger partial charge in [-0.3, -0.25) is 9.58 Å². The van der Waals surface area contributed by atoms with E-state index in [1.807, 2.05) is 20.3 Å². The first-order valence-electron chi connectivity index (χ1n) is 10.8. The molecule has 2 aliphatic heterocycles. The number of nitrogens with zero attached hydrogens (tertiary/aromatic N) is 7. The average Bonchev–Trinajstić information content (AvgIpc) is 3.50. The molecule has 4 heterocycles. The van der Waals surface area contributed by atoms with E-state index >= 15 is 0 Å². The summed E-state index contributed by atoms with van der Waals surface area (Å²) in [4.78, 5) is 16.2. The van der Waals surface area contributed by atoms with Gasteiger partial charge in [0, 0.05) is 57.4 Å². The molecule has 0 atom stereocenters. The van der Waals surface area contributed by atoms with Crippen molar-refractivity contribution in [2.75, 3.05) is 43.6 Å². The average molecular weight is 398 g/mol. The molecule has 2 fully saturated rings. The minimum atomic E-state index is 0.563. The predicted molar refractivity (Wildman–Crippen MR) is 112 cm³/mol. The van der Waals surface area contributed by atoms with Crippen LogP contribution in [0, 0.1) is 0 Å². The molecular weight excluding hydrogens is 366 g/mol. The number of rotatable bonds is 6. The summed E-state index contributed by atoms with van der Waals surface area (Å²) in [6.45, 7) is 5.56. The number of hydrogen-bond acceptors (Lipinski definition) is 7. The van der Waals surface area contributed by atoms with E-state index in [0.717, 1.165) is 44.4 Å². The van der Waals surface area contributed by atoms with Crippen molar-refractivity contribution in [3.8, 4) is 0 Å². The maximum absolute atomic E-state index is 5.64. The van der Waals surface area contributed by atoms with Gasteiger partial charge < -0.3 is 14.5 Å². The van der Waals surface area contributed by atoms with Crippen molar-refractivity contribution in [3.05, 3.63) is 29.8 Å². The third kappa shape index (κ3) is 3.96. The molecular formula is C21H31N7O. The van der Waals surface area contributed by atoms with Crippen molar-refractivity contribution in [1.82, 2.24) is 24.6 Å². The van der Waals surface area contributed by atoms with Crippen LogP contribution in [0.1, 0.15) is 36.9 Å². The van der Waals surface area contributed by atoms with Crippen LogP contribution in [0.15, 0.2) is 18.6 Å². The van der Waals surface area contributed by atoms with Crippen molar-refractivity contribution in [2.24, 2.45) is 0 Å². The molecule has 0 unspecified atom stereocenters. The monoisotopic (exact) mass is 397 g/mol. The van der Waals surface area contributed by atoms with Crippen molar-refractivity contribution in [1.29, 1.82) is 0 Å². The summed E-state index contributed by atoms with van der Waals surface area (Å²) < 4.78 is 7.75. The van der Waals surface area contributed by atoms with Crippen LogP contribution in [0.3, 0.4) is 0 Å². The molecule has 8 nitrogen and oxygen atoms in total. The standard InChI is InChI=1S/C21H31N7O/c1-25(2)20-11-21(23-15-22-20)28(17-3-4-17)18-5-7-26(8-6-18)13-16-12-24-27-9-10-29-14-19(16)27/h11-12,15,17-18H,3-10,13-14H2,1-2H3. The van der Waals surface area contributed by atoms with Crippen LogP contribution < -0.4 is 9.80 Å². The normalized spacial score (nSPS) is 20.5. The van der Waals surface area contributed by atoms with Crippen molar-refractivity contribution in [3.63, 3.8) is 0 Å². The van der Waals surface area contributed by atoms with Crippen LogP contribution in [-0.2, 0) is 24.4 Å².